The Morgan fingerprint density at radius 3 is 2.62 bits per heavy atom. The molecule has 0 spiro atoms. The number of halogens is 1. The Morgan fingerprint density at radius 1 is 1.12 bits per heavy atom. The highest BCUT2D eigenvalue weighted by atomic mass is 35.5. The molecule has 0 heterocycles. The molecule has 0 radical (unpaired) electrons. The predicted molar refractivity (Wildman–Crippen MR) is 106 cm³/mol. The van der Waals surface area contributed by atoms with Crippen molar-refractivity contribution in [1.29, 1.82) is 0 Å². The molecule has 0 amide bonds. The zero-order chi connectivity index (χ0) is 17.1. The molecule has 0 atom stereocenters. The van der Waals surface area contributed by atoms with Crippen LogP contribution in [0.4, 0.5) is 5.69 Å². The van der Waals surface area contributed by atoms with Gasteiger partial charge in [-0.1, -0.05) is 23.2 Å². The Bertz CT molecular complexity index is 797. The third-order valence-electron chi connectivity index (χ3n) is 4.16. The molecule has 0 aromatic heterocycles. The van der Waals surface area contributed by atoms with Gasteiger partial charge < -0.3 is 5.32 Å². The second-order valence-electron chi connectivity index (χ2n) is 6.09. The summed E-state index contributed by atoms with van der Waals surface area (Å²) >= 11 is 11.2. The van der Waals surface area contributed by atoms with E-state index in [0.717, 1.165) is 30.7 Å². The van der Waals surface area contributed by atoms with Gasteiger partial charge >= 0.3 is 0 Å². The largest absolute Gasteiger partial charge is 0.331 e. The lowest BCUT2D eigenvalue weighted by molar-refractivity contribution is 0.821. The summed E-state index contributed by atoms with van der Waals surface area (Å²) in [4.78, 5) is 0. The van der Waals surface area contributed by atoms with E-state index in [1.165, 1.54) is 22.3 Å². The lowest BCUT2D eigenvalue weighted by Crippen LogP contribution is -2.26. The number of benzene rings is 2. The number of anilines is 1. The van der Waals surface area contributed by atoms with Crippen LogP contribution in [-0.4, -0.2) is 10.8 Å². The Kier molecular flexibility index (Phi) is 5.17. The van der Waals surface area contributed by atoms with Crippen LogP contribution in [0.25, 0.3) is 0 Å². The SMILES string of the molecule is Cc1cc(C)c2c(c1)C(=NNC(=S)Nc1ccc(Cl)cc1)CCC2. The number of nitrogens with zero attached hydrogens (tertiary/aromatic N) is 1. The number of hydrogen-bond acceptors (Lipinski definition) is 2. The summed E-state index contributed by atoms with van der Waals surface area (Å²) in [6.07, 6.45) is 3.20. The van der Waals surface area contributed by atoms with E-state index in [1.807, 2.05) is 24.3 Å². The average Bonchev–Trinajstić information content (AvgIpc) is 2.55. The van der Waals surface area contributed by atoms with Crippen molar-refractivity contribution in [1.82, 2.24) is 5.43 Å². The van der Waals surface area contributed by atoms with Gasteiger partial charge in [0.2, 0.25) is 0 Å². The molecule has 0 fully saturated rings. The molecule has 5 heteroatoms. The van der Waals surface area contributed by atoms with Gasteiger partial charge in [-0.15, -0.1) is 0 Å². The highest BCUT2D eigenvalue weighted by Gasteiger charge is 2.17. The maximum atomic E-state index is 5.89. The van der Waals surface area contributed by atoms with E-state index < -0.39 is 0 Å². The molecule has 124 valence electrons. The maximum absolute atomic E-state index is 5.89. The third-order valence-corrected chi connectivity index (χ3v) is 4.61. The number of hydrazone groups is 1. The average molecular weight is 358 g/mol. The van der Waals surface area contributed by atoms with Gasteiger partial charge in [-0.05, 0) is 86.8 Å². The second-order valence-corrected chi connectivity index (χ2v) is 6.94. The van der Waals surface area contributed by atoms with Crippen molar-refractivity contribution in [2.75, 3.05) is 5.32 Å². The Labute approximate surface area is 153 Å². The van der Waals surface area contributed by atoms with Crippen molar-refractivity contribution in [3.8, 4) is 0 Å². The van der Waals surface area contributed by atoms with Gasteiger partial charge in [0.1, 0.15) is 0 Å². The molecule has 0 unspecified atom stereocenters. The molecule has 1 aliphatic rings. The fraction of sp³-hybridized carbons (Fsp3) is 0.263. The molecule has 0 saturated heterocycles. The molecular weight excluding hydrogens is 338 g/mol. The fourth-order valence-corrected chi connectivity index (χ4v) is 3.37. The van der Waals surface area contributed by atoms with Crippen LogP contribution in [0.2, 0.25) is 5.02 Å². The number of nitrogens with one attached hydrogen (secondary N) is 2. The van der Waals surface area contributed by atoms with Gasteiger partial charge in [-0.25, -0.2) is 0 Å². The van der Waals surface area contributed by atoms with Crippen LogP contribution in [-0.2, 0) is 6.42 Å². The molecule has 3 nitrogen and oxygen atoms in total. The third kappa shape index (κ3) is 3.94. The van der Waals surface area contributed by atoms with Crippen molar-refractivity contribution in [3.63, 3.8) is 0 Å². The van der Waals surface area contributed by atoms with Crippen molar-refractivity contribution < 1.29 is 0 Å². The molecule has 1 aliphatic carbocycles. The normalized spacial score (nSPS) is 15.0. The zero-order valence-electron chi connectivity index (χ0n) is 13.8. The number of hydrogen-bond donors (Lipinski definition) is 2. The van der Waals surface area contributed by atoms with Crippen LogP contribution in [0.5, 0.6) is 0 Å². The molecule has 2 aromatic carbocycles. The Morgan fingerprint density at radius 2 is 1.88 bits per heavy atom. The molecular formula is C19H20ClN3S. The minimum Gasteiger partial charge on any atom is -0.331 e. The summed E-state index contributed by atoms with van der Waals surface area (Å²) in [5, 5.41) is 8.84. The number of fused-ring (bicyclic) bond motifs is 1. The van der Waals surface area contributed by atoms with E-state index in [4.69, 9.17) is 23.8 Å². The quantitative estimate of drug-likeness (QED) is 0.587. The van der Waals surface area contributed by atoms with Crippen molar-refractivity contribution >= 4 is 40.3 Å². The summed E-state index contributed by atoms with van der Waals surface area (Å²) in [5.41, 5.74) is 10.2. The number of aryl methyl sites for hydroxylation is 2. The Balaban J connectivity index is 1.74. The van der Waals surface area contributed by atoms with E-state index >= 15 is 0 Å². The van der Waals surface area contributed by atoms with E-state index in [-0.39, 0.29) is 0 Å². The first-order chi connectivity index (χ1) is 11.5. The zero-order valence-corrected chi connectivity index (χ0v) is 15.4. The van der Waals surface area contributed by atoms with Crippen LogP contribution < -0.4 is 10.7 Å². The van der Waals surface area contributed by atoms with Gasteiger partial charge in [0.15, 0.2) is 5.11 Å². The van der Waals surface area contributed by atoms with Gasteiger partial charge in [0, 0.05) is 16.3 Å². The van der Waals surface area contributed by atoms with Crippen molar-refractivity contribution in [3.05, 3.63) is 63.7 Å². The highest BCUT2D eigenvalue weighted by Crippen LogP contribution is 2.26. The highest BCUT2D eigenvalue weighted by molar-refractivity contribution is 7.80. The van der Waals surface area contributed by atoms with E-state index in [2.05, 4.69) is 41.8 Å². The van der Waals surface area contributed by atoms with Gasteiger partial charge in [-0.3, -0.25) is 5.43 Å². The van der Waals surface area contributed by atoms with E-state index in [0.29, 0.717) is 10.1 Å². The standard InChI is InChI=1S/C19H20ClN3S/c1-12-10-13(2)16-4-3-5-18(17(16)11-12)22-23-19(24)21-15-8-6-14(20)7-9-15/h6-11H,3-5H2,1-2H3,(H2,21,23,24). The van der Waals surface area contributed by atoms with Gasteiger partial charge in [0.05, 0.1) is 5.71 Å². The molecule has 2 aromatic rings. The maximum Gasteiger partial charge on any atom is 0.191 e. The number of thiocarbonyl (C=S) groups is 1. The molecule has 0 aliphatic heterocycles. The smallest absolute Gasteiger partial charge is 0.191 e. The van der Waals surface area contributed by atoms with Crippen LogP contribution in [0, 0.1) is 13.8 Å². The first kappa shape index (κ1) is 16.9. The topological polar surface area (TPSA) is 36.4 Å². The summed E-state index contributed by atoms with van der Waals surface area (Å²) < 4.78 is 0. The van der Waals surface area contributed by atoms with Crippen LogP contribution >= 0.6 is 23.8 Å². The molecule has 3 rings (SSSR count). The summed E-state index contributed by atoms with van der Waals surface area (Å²) in [6, 6.07) is 11.9. The van der Waals surface area contributed by atoms with Crippen LogP contribution in [0.1, 0.15) is 35.1 Å². The molecule has 24 heavy (non-hydrogen) atoms. The molecule has 0 saturated carbocycles. The summed E-state index contributed by atoms with van der Waals surface area (Å²) in [7, 11) is 0. The lowest BCUT2D eigenvalue weighted by atomic mass is 9.86. The molecule has 2 N–H and O–H groups in total. The van der Waals surface area contributed by atoms with E-state index in [9.17, 15) is 0 Å². The van der Waals surface area contributed by atoms with Crippen molar-refractivity contribution in [2.45, 2.75) is 33.1 Å². The lowest BCUT2D eigenvalue weighted by Gasteiger charge is -2.21. The summed E-state index contributed by atoms with van der Waals surface area (Å²) in [6.45, 7) is 4.30. The first-order valence-electron chi connectivity index (χ1n) is 8.02. The minimum absolute atomic E-state index is 0.473. The van der Waals surface area contributed by atoms with Crippen LogP contribution in [0.15, 0.2) is 41.5 Å². The summed E-state index contributed by atoms with van der Waals surface area (Å²) in [5.74, 6) is 0. The first-order valence-corrected chi connectivity index (χ1v) is 8.81. The van der Waals surface area contributed by atoms with Gasteiger partial charge in [-0.2, -0.15) is 5.10 Å². The monoisotopic (exact) mass is 357 g/mol. The predicted octanol–water partition coefficient (Wildman–Crippen LogP) is 4.98. The fourth-order valence-electron chi connectivity index (χ4n) is 3.08. The van der Waals surface area contributed by atoms with E-state index in [1.54, 1.807) is 0 Å². The van der Waals surface area contributed by atoms with Gasteiger partial charge in [0.25, 0.3) is 0 Å². The van der Waals surface area contributed by atoms with Crippen LogP contribution in [0.3, 0.4) is 0 Å². The second kappa shape index (κ2) is 7.32. The minimum atomic E-state index is 0.473. The molecule has 0 bridgehead atoms. The number of rotatable bonds is 2. The Hall–Kier alpha value is -1.91. The van der Waals surface area contributed by atoms with Crippen molar-refractivity contribution in [2.24, 2.45) is 5.10 Å².